The van der Waals surface area contributed by atoms with Gasteiger partial charge in [-0.25, -0.2) is 14.8 Å². The van der Waals surface area contributed by atoms with Gasteiger partial charge in [0.25, 0.3) is 0 Å². The zero-order valence-corrected chi connectivity index (χ0v) is 19.3. The summed E-state index contributed by atoms with van der Waals surface area (Å²) in [5.41, 5.74) is 4.48. The maximum Gasteiger partial charge on any atom is 0.232 e. The van der Waals surface area contributed by atoms with Crippen LogP contribution in [-0.4, -0.2) is 46.2 Å². The van der Waals surface area contributed by atoms with Gasteiger partial charge >= 0.3 is 0 Å². The third-order valence-corrected chi connectivity index (χ3v) is 5.76. The van der Waals surface area contributed by atoms with Crippen LogP contribution in [0.15, 0.2) is 73.1 Å². The minimum Gasteiger partial charge on any atom is -0.285 e. The molecule has 0 unspecified atom stereocenters. The normalized spacial score (nSPS) is 11.0. The number of hydrogen-bond donors (Lipinski definition) is 1. The summed E-state index contributed by atoms with van der Waals surface area (Å²) in [6.45, 7) is 2.67. The van der Waals surface area contributed by atoms with Crippen molar-refractivity contribution in [2.75, 3.05) is 0 Å². The molecule has 2 aromatic carbocycles. The third kappa shape index (κ3) is 4.89. The summed E-state index contributed by atoms with van der Waals surface area (Å²) in [6, 6.07) is 19.3. The molecule has 0 atom stereocenters. The fourth-order valence-corrected chi connectivity index (χ4v) is 3.91. The molecule has 0 fully saturated rings. The first-order valence-corrected chi connectivity index (χ1v) is 11.5. The van der Waals surface area contributed by atoms with E-state index in [0.717, 1.165) is 47.3 Å². The predicted octanol–water partition coefficient (Wildman–Crippen LogP) is 4.14. The molecule has 0 saturated heterocycles. The molecular weight excluding hydrogens is 440 g/mol. The minimum absolute atomic E-state index is 0.162. The Bertz CT molecular complexity index is 1410. The Morgan fingerprint density at radius 2 is 1.83 bits per heavy atom. The van der Waals surface area contributed by atoms with Crippen LogP contribution in [0, 0.1) is 0 Å². The van der Waals surface area contributed by atoms with Crippen LogP contribution < -0.4 is 0 Å². The lowest BCUT2D eigenvalue weighted by Crippen LogP contribution is -2.08. The SMILES string of the molecule is CCCCc1nc(C(=O)c2ccccc2)nn1Cc1ccc(-c2ccncc2-c2nnn[nH]2)cc1. The van der Waals surface area contributed by atoms with Gasteiger partial charge in [-0.15, -0.1) is 10.2 Å². The van der Waals surface area contributed by atoms with Crippen molar-refractivity contribution in [1.82, 2.24) is 40.4 Å². The highest BCUT2D eigenvalue weighted by atomic mass is 16.1. The lowest BCUT2D eigenvalue weighted by molar-refractivity contribution is 0.102. The number of unbranched alkanes of at least 4 members (excludes halogenated alkanes) is 1. The minimum atomic E-state index is -0.162. The topological polar surface area (TPSA) is 115 Å². The second kappa shape index (κ2) is 10.2. The summed E-state index contributed by atoms with van der Waals surface area (Å²) in [4.78, 5) is 21.7. The molecule has 3 heterocycles. The van der Waals surface area contributed by atoms with E-state index in [0.29, 0.717) is 17.9 Å². The van der Waals surface area contributed by atoms with Crippen LogP contribution in [0.4, 0.5) is 0 Å². The van der Waals surface area contributed by atoms with Gasteiger partial charge in [0.2, 0.25) is 11.6 Å². The molecule has 5 rings (SSSR count). The van der Waals surface area contributed by atoms with Crippen molar-refractivity contribution in [1.29, 1.82) is 0 Å². The lowest BCUT2D eigenvalue weighted by atomic mass is 10.00. The number of pyridine rings is 1. The van der Waals surface area contributed by atoms with Crippen LogP contribution in [0.3, 0.4) is 0 Å². The number of hydrogen-bond acceptors (Lipinski definition) is 7. The maximum atomic E-state index is 12.9. The Labute approximate surface area is 202 Å². The van der Waals surface area contributed by atoms with Crippen LogP contribution >= 0.6 is 0 Å². The monoisotopic (exact) mass is 464 g/mol. The number of H-pyrrole nitrogens is 1. The summed E-state index contributed by atoms with van der Waals surface area (Å²) in [5, 5.41) is 18.7. The van der Waals surface area contributed by atoms with Crippen molar-refractivity contribution in [2.24, 2.45) is 0 Å². The van der Waals surface area contributed by atoms with Crippen molar-refractivity contribution in [3.63, 3.8) is 0 Å². The van der Waals surface area contributed by atoms with Crippen LogP contribution in [-0.2, 0) is 13.0 Å². The van der Waals surface area contributed by atoms with Gasteiger partial charge in [-0.05, 0) is 39.6 Å². The van der Waals surface area contributed by atoms with Crippen molar-refractivity contribution >= 4 is 5.78 Å². The average Bonchev–Trinajstić information content (AvgIpc) is 3.59. The van der Waals surface area contributed by atoms with Gasteiger partial charge in [-0.1, -0.05) is 67.9 Å². The largest absolute Gasteiger partial charge is 0.285 e. The fourth-order valence-electron chi connectivity index (χ4n) is 3.91. The zero-order chi connectivity index (χ0) is 24.0. The number of aromatic nitrogens is 8. The first-order chi connectivity index (χ1) is 17.2. The molecule has 0 aliphatic carbocycles. The first kappa shape index (κ1) is 22.3. The van der Waals surface area contributed by atoms with Gasteiger partial charge in [-0.2, -0.15) is 0 Å². The number of ketones is 1. The molecule has 0 aliphatic rings. The number of tetrazole rings is 1. The number of nitrogens with one attached hydrogen (secondary N) is 1. The molecule has 1 N–H and O–H groups in total. The van der Waals surface area contributed by atoms with Gasteiger partial charge in [-0.3, -0.25) is 9.78 Å². The number of aromatic amines is 1. The number of benzene rings is 2. The summed E-state index contributed by atoms with van der Waals surface area (Å²) in [6.07, 6.45) is 6.29. The van der Waals surface area contributed by atoms with Crippen LogP contribution in [0.5, 0.6) is 0 Å². The molecule has 9 nitrogen and oxygen atoms in total. The molecule has 0 spiro atoms. The Hall–Kier alpha value is -4.53. The fraction of sp³-hybridized carbons (Fsp3) is 0.192. The van der Waals surface area contributed by atoms with Gasteiger partial charge < -0.3 is 0 Å². The lowest BCUT2D eigenvalue weighted by Gasteiger charge is -2.09. The number of carbonyl (C=O) groups excluding carboxylic acids is 1. The molecule has 0 amide bonds. The highest BCUT2D eigenvalue weighted by Crippen LogP contribution is 2.29. The maximum absolute atomic E-state index is 12.9. The van der Waals surface area contributed by atoms with Crippen LogP contribution in [0.1, 0.15) is 47.3 Å². The molecule has 0 radical (unpaired) electrons. The second-order valence-electron chi connectivity index (χ2n) is 8.18. The van der Waals surface area contributed by atoms with Crippen molar-refractivity contribution < 1.29 is 4.79 Å². The molecule has 35 heavy (non-hydrogen) atoms. The first-order valence-electron chi connectivity index (χ1n) is 11.5. The molecule has 0 saturated carbocycles. The Morgan fingerprint density at radius 1 is 1.00 bits per heavy atom. The molecular formula is C26H24N8O. The van der Waals surface area contributed by atoms with Crippen LogP contribution in [0.2, 0.25) is 0 Å². The van der Waals surface area contributed by atoms with E-state index < -0.39 is 0 Å². The molecule has 0 aliphatic heterocycles. The third-order valence-electron chi connectivity index (χ3n) is 5.76. The average molecular weight is 465 g/mol. The number of rotatable bonds is 9. The van der Waals surface area contributed by atoms with Crippen molar-refractivity contribution in [2.45, 2.75) is 32.7 Å². The molecule has 0 bridgehead atoms. The zero-order valence-electron chi connectivity index (χ0n) is 19.3. The predicted molar refractivity (Wildman–Crippen MR) is 130 cm³/mol. The Morgan fingerprint density at radius 3 is 2.57 bits per heavy atom. The number of carbonyl (C=O) groups is 1. The molecule has 5 aromatic rings. The van der Waals surface area contributed by atoms with E-state index in [-0.39, 0.29) is 11.6 Å². The number of nitrogens with zero attached hydrogens (tertiary/aromatic N) is 7. The van der Waals surface area contributed by atoms with E-state index in [2.05, 4.69) is 66.9 Å². The van der Waals surface area contributed by atoms with E-state index >= 15 is 0 Å². The summed E-state index contributed by atoms with van der Waals surface area (Å²) in [5.74, 6) is 1.46. The van der Waals surface area contributed by atoms with Crippen molar-refractivity contribution in [3.05, 3.63) is 95.8 Å². The summed E-state index contributed by atoms with van der Waals surface area (Å²) < 4.78 is 1.85. The van der Waals surface area contributed by atoms with Crippen LogP contribution in [0.25, 0.3) is 22.5 Å². The van der Waals surface area contributed by atoms with Gasteiger partial charge in [0.05, 0.1) is 6.54 Å². The standard InChI is InChI=1S/C26H24N8O/c1-2-3-9-23-28-26(24(35)20-7-5-4-6-8-20)31-34(23)17-18-10-12-19(13-11-18)21-14-15-27-16-22(21)25-29-32-33-30-25/h4-8,10-16H,2-3,9,17H2,1H3,(H,29,30,32,33). The Kier molecular flexibility index (Phi) is 6.47. The van der Waals surface area contributed by atoms with Gasteiger partial charge in [0.15, 0.2) is 5.82 Å². The summed E-state index contributed by atoms with van der Waals surface area (Å²) >= 11 is 0. The van der Waals surface area contributed by atoms with Gasteiger partial charge in [0, 0.05) is 29.9 Å². The number of aryl methyl sites for hydroxylation is 1. The Balaban J connectivity index is 1.41. The second-order valence-corrected chi connectivity index (χ2v) is 8.18. The van der Waals surface area contributed by atoms with Crippen molar-refractivity contribution in [3.8, 4) is 22.5 Å². The highest BCUT2D eigenvalue weighted by Gasteiger charge is 2.18. The highest BCUT2D eigenvalue weighted by molar-refractivity contribution is 6.06. The van der Waals surface area contributed by atoms with Gasteiger partial charge in [0.1, 0.15) is 5.82 Å². The smallest absolute Gasteiger partial charge is 0.232 e. The van der Waals surface area contributed by atoms with E-state index in [4.69, 9.17) is 0 Å². The van der Waals surface area contributed by atoms with E-state index in [1.54, 1.807) is 24.5 Å². The summed E-state index contributed by atoms with van der Waals surface area (Å²) in [7, 11) is 0. The molecule has 9 heteroatoms. The van der Waals surface area contributed by atoms with E-state index in [1.807, 2.05) is 28.9 Å². The van der Waals surface area contributed by atoms with E-state index in [9.17, 15) is 4.79 Å². The van der Waals surface area contributed by atoms with E-state index in [1.165, 1.54) is 0 Å². The molecule has 174 valence electrons. The quantitative estimate of drug-likeness (QED) is 0.326. The molecule has 3 aromatic heterocycles.